The molecule has 3 rings (SSSR count). The lowest BCUT2D eigenvalue weighted by atomic mass is 9.92. The highest BCUT2D eigenvalue weighted by molar-refractivity contribution is 7.97. The summed E-state index contributed by atoms with van der Waals surface area (Å²) in [6.07, 6.45) is 1.70. The van der Waals surface area contributed by atoms with Crippen LogP contribution >= 0.6 is 11.8 Å². The molecule has 1 saturated heterocycles. The van der Waals surface area contributed by atoms with Crippen molar-refractivity contribution in [1.29, 1.82) is 0 Å². The lowest BCUT2D eigenvalue weighted by molar-refractivity contribution is -0.119. The van der Waals surface area contributed by atoms with Gasteiger partial charge < -0.3 is 15.8 Å². The molecule has 5 heteroatoms. The van der Waals surface area contributed by atoms with E-state index in [1.165, 1.54) is 11.1 Å². The van der Waals surface area contributed by atoms with Crippen molar-refractivity contribution in [3.8, 4) is 0 Å². The van der Waals surface area contributed by atoms with Crippen LogP contribution in [0.4, 0.5) is 5.69 Å². The first-order valence-electron chi connectivity index (χ1n) is 9.07. The molecule has 1 atom stereocenters. The third-order valence-electron chi connectivity index (χ3n) is 4.65. The normalized spacial score (nSPS) is 16.2. The highest BCUT2D eigenvalue weighted by atomic mass is 32.2. The van der Waals surface area contributed by atoms with Crippen LogP contribution in [0.2, 0.25) is 0 Å². The third kappa shape index (κ3) is 5.59. The second-order valence-electron chi connectivity index (χ2n) is 6.64. The largest absolute Gasteiger partial charge is 0.381 e. The number of nitrogens with one attached hydrogen (secondary N) is 1. The minimum absolute atomic E-state index is 0.106. The Kier molecular flexibility index (Phi) is 7.12. The molecule has 2 aromatic rings. The van der Waals surface area contributed by atoms with E-state index in [9.17, 15) is 4.79 Å². The van der Waals surface area contributed by atoms with Crippen molar-refractivity contribution in [2.45, 2.75) is 30.4 Å². The molecule has 0 radical (unpaired) electrons. The third-order valence-corrected chi connectivity index (χ3v) is 5.73. The fourth-order valence-electron chi connectivity index (χ4n) is 3.11. The maximum Gasteiger partial charge on any atom is 0.241 e. The highest BCUT2D eigenvalue weighted by Crippen LogP contribution is 2.22. The van der Waals surface area contributed by atoms with Crippen molar-refractivity contribution >= 4 is 23.4 Å². The van der Waals surface area contributed by atoms with Crippen LogP contribution in [0.3, 0.4) is 0 Å². The molecule has 1 aliphatic rings. The van der Waals surface area contributed by atoms with Crippen molar-refractivity contribution in [2.75, 3.05) is 18.5 Å². The Labute approximate surface area is 159 Å². The molecule has 0 aliphatic carbocycles. The van der Waals surface area contributed by atoms with Crippen LogP contribution in [-0.4, -0.2) is 25.2 Å². The Bertz CT molecular complexity index is 702. The molecule has 0 spiro atoms. The summed E-state index contributed by atoms with van der Waals surface area (Å²) >= 11 is 1.86. The number of hydrogen-bond acceptors (Lipinski definition) is 4. The summed E-state index contributed by atoms with van der Waals surface area (Å²) in [4.78, 5) is 12.4. The topological polar surface area (TPSA) is 64.4 Å². The summed E-state index contributed by atoms with van der Waals surface area (Å²) in [6.45, 7) is 1.39. The first-order chi connectivity index (χ1) is 12.7. The lowest BCUT2D eigenvalue weighted by Crippen LogP contribution is -2.44. The van der Waals surface area contributed by atoms with Gasteiger partial charge in [0, 0.05) is 30.4 Å². The number of nitrogens with two attached hydrogens (primary N) is 1. The van der Waals surface area contributed by atoms with Crippen molar-refractivity contribution in [3.63, 3.8) is 0 Å². The number of benzene rings is 2. The first-order valence-corrected chi connectivity index (χ1v) is 10.2. The van der Waals surface area contributed by atoms with E-state index in [4.69, 9.17) is 10.5 Å². The van der Waals surface area contributed by atoms with Gasteiger partial charge in [0.25, 0.3) is 0 Å². The van der Waals surface area contributed by atoms with Crippen molar-refractivity contribution in [3.05, 3.63) is 65.7 Å². The molecular formula is C21H26N2O2S. The van der Waals surface area contributed by atoms with Crippen molar-refractivity contribution in [1.82, 2.24) is 0 Å². The van der Waals surface area contributed by atoms with Crippen LogP contribution in [0.15, 0.2) is 54.6 Å². The van der Waals surface area contributed by atoms with E-state index >= 15 is 0 Å². The van der Waals surface area contributed by atoms with Gasteiger partial charge in [-0.1, -0.05) is 42.5 Å². The molecule has 3 N–H and O–H groups in total. The quantitative estimate of drug-likeness (QED) is 0.778. The smallest absolute Gasteiger partial charge is 0.241 e. The summed E-state index contributed by atoms with van der Waals surface area (Å²) in [5, 5.41) is 2.97. The van der Waals surface area contributed by atoms with Crippen LogP contribution in [0.1, 0.15) is 24.0 Å². The summed E-state index contributed by atoms with van der Waals surface area (Å²) in [5.74, 6) is 1.98. The van der Waals surface area contributed by atoms with Crippen LogP contribution < -0.4 is 11.1 Å². The molecule has 4 nitrogen and oxygen atoms in total. The van der Waals surface area contributed by atoms with Crippen LogP contribution in [0.25, 0.3) is 0 Å². The fourth-order valence-corrected chi connectivity index (χ4v) is 4.06. The summed E-state index contributed by atoms with van der Waals surface area (Å²) < 4.78 is 5.34. The Balaban J connectivity index is 1.50. The van der Waals surface area contributed by atoms with E-state index in [2.05, 4.69) is 35.6 Å². The standard InChI is InChI=1S/C21H26N2O2S/c22-20(18-9-11-25-12-10-18)21(24)23-19-8-4-7-17(13-19)15-26-14-16-5-2-1-3-6-16/h1-8,13,18,20H,9-12,14-15,22H2,(H,23,24). The number of amides is 1. The lowest BCUT2D eigenvalue weighted by Gasteiger charge is -2.26. The number of rotatable bonds is 7. The molecule has 0 saturated carbocycles. The van der Waals surface area contributed by atoms with Crippen molar-refractivity contribution in [2.24, 2.45) is 11.7 Å². The number of hydrogen-bond donors (Lipinski definition) is 2. The molecule has 26 heavy (non-hydrogen) atoms. The second kappa shape index (κ2) is 9.76. The van der Waals surface area contributed by atoms with Gasteiger partial charge in [0.15, 0.2) is 0 Å². The fraction of sp³-hybridized carbons (Fsp3) is 0.381. The van der Waals surface area contributed by atoms with Crippen LogP contribution in [-0.2, 0) is 21.0 Å². The van der Waals surface area contributed by atoms with Gasteiger partial charge in [-0.05, 0) is 42.0 Å². The molecule has 1 aliphatic heterocycles. The number of carbonyl (C=O) groups is 1. The van der Waals surface area contributed by atoms with Gasteiger partial charge in [-0.3, -0.25) is 4.79 Å². The molecule has 1 unspecified atom stereocenters. The van der Waals surface area contributed by atoms with E-state index < -0.39 is 6.04 Å². The van der Waals surface area contributed by atoms with E-state index in [1.54, 1.807) is 0 Å². The average molecular weight is 371 g/mol. The maximum absolute atomic E-state index is 12.4. The number of ether oxygens (including phenoxy) is 1. The Morgan fingerprint density at radius 1 is 1.08 bits per heavy atom. The predicted molar refractivity (Wildman–Crippen MR) is 108 cm³/mol. The summed E-state index contributed by atoms with van der Waals surface area (Å²) in [6, 6.07) is 18.0. The van der Waals surface area contributed by atoms with Crippen molar-refractivity contribution < 1.29 is 9.53 Å². The zero-order chi connectivity index (χ0) is 18.2. The zero-order valence-electron chi connectivity index (χ0n) is 14.9. The van der Waals surface area contributed by atoms with Gasteiger partial charge in [-0.2, -0.15) is 11.8 Å². The van der Waals surface area contributed by atoms with Crippen LogP contribution in [0, 0.1) is 5.92 Å². The minimum Gasteiger partial charge on any atom is -0.381 e. The predicted octanol–water partition coefficient (Wildman–Crippen LogP) is 3.81. The summed E-state index contributed by atoms with van der Waals surface area (Å²) in [7, 11) is 0. The number of carbonyl (C=O) groups excluding carboxylic acids is 1. The molecule has 0 aromatic heterocycles. The molecular weight excluding hydrogens is 344 g/mol. The monoisotopic (exact) mass is 370 g/mol. The molecule has 1 fully saturated rings. The molecule has 1 heterocycles. The first kappa shape index (κ1) is 19.0. The maximum atomic E-state index is 12.4. The van der Waals surface area contributed by atoms with E-state index in [0.29, 0.717) is 13.2 Å². The van der Waals surface area contributed by atoms with Gasteiger partial charge in [0.05, 0.1) is 6.04 Å². The molecule has 138 valence electrons. The highest BCUT2D eigenvalue weighted by Gasteiger charge is 2.26. The Morgan fingerprint density at radius 3 is 2.54 bits per heavy atom. The van der Waals surface area contributed by atoms with Gasteiger partial charge in [0.2, 0.25) is 5.91 Å². The molecule has 1 amide bonds. The van der Waals surface area contributed by atoms with E-state index in [0.717, 1.165) is 30.0 Å². The zero-order valence-corrected chi connectivity index (χ0v) is 15.7. The van der Waals surface area contributed by atoms with E-state index in [1.807, 2.05) is 36.0 Å². The molecule has 0 bridgehead atoms. The SMILES string of the molecule is NC(C(=O)Nc1cccc(CSCc2ccccc2)c1)C1CCOCC1. The number of anilines is 1. The second-order valence-corrected chi connectivity index (χ2v) is 7.63. The Hall–Kier alpha value is -1.82. The molecule has 2 aromatic carbocycles. The van der Waals surface area contributed by atoms with Gasteiger partial charge in [-0.25, -0.2) is 0 Å². The Morgan fingerprint density at radius 2 is 1.77 bits per heavy atom. The van der Waals surface area contributed by atoms with Gasteiger partial charge in [-0.15, -0.1) is 0 Å². The average Bonchev–Trinajstić information content (AvgIpc) is 2.69. The van der Waals surface area contributed by atoms with Gasteiger partial charge in [0.1, 0.15) is 0 Å². The van der Waals surface area contributed by atoms with Crippen LogP contribution in [0.5, 0.6) is 0 Å². The van der Waals surface area contributed by atoms with E-state index in [-0.39, 0.29) is 11.8 Å². The van der Waals surface area contributed by atoms with Gasteiger partial charge >= 0.3 is 0 Å². The summed E-state index contributed by atoms with van der Waals surface area (Å²) in [5.41, 5.74) is 9.49. The number of thioether (sulfide) groups is 1. The minimum atomic E-state index is -0.477.